The molecule has 1 aromatic heterocycles. The second-order valence-electron chi connectivity index (χ2n) is 4.60. The first-order chi connectivity index (χ1) is 8.51. The molecule has 0 aliphatic rings. The smallest absolute Gasteiger partial charge is 0.128 e. The van der Waals surface area contributed by atoms with Gasteiger partial charge in [-0.25, -0.2) is 9.97 Å². The predicted molar refractivity (Wildman–Crippen MR) is 73.0 cm³/mol. The van der Waals surface area contributed by atoms with Crippen LogP contribution in [0.1, 0.15) is 22.6 Å². The van der Waals surface area contributed by atoms with E-state index in [2.05, 4.69) is 29.9 Å². The van der Waals surface area contributed by atoms with Crippen molar-refractivity contribution in [2.24, 2.45) is 0 Å². The van der Waals surface area contributed by atoms with Crippen molar-refractivity contribution in [3.05, 3.63) is 40.8 Å². The zero-order valence-electron chi connectivity index (χ0n) is 11.5. The highest BCUT2D eigenvalue weighted by molar-refractivity contribution is 5.71. The fourth-order valence-electron chi connectivity index (χ4n) is 2.26. The van der Waals surface area contributed by atoms with Gasteiger partial charge in [0.25, 0.3) is 0 Å². The Bertz CT molecular complexity index is 571. The van der Waals surface area contributed by atoms with Crippen molar-refractivity contribution in [2.75, 3.05) is 7.11 Å². The Morgan fingerprint density at radius 2 is 1.67 bits per heavy atom. The van der Waals surface area contributed by atoms with Crippen LogP contribution in [0.25, 0.3) is 11.3 Å². The van der Waals surface area contributed by atoms with Gasteiger partial charge in [0.15, 0.2) is 0 Å². The van der Waals surface area contributed by atoms with E-state index in [9.17, 15) is 0 Å². The molecule has 0 fully saturated rings. The molecule has 0 saturated carbocycles. The quantitative estimate of drug-likeness (QED) is 0.809. The Balaban J connectivity index is 2.69. The first-order valence-corrected chi connectivity index (χ1v) is 5.99. The van der Waals surface area contributed by atoms with Crippen molar-refractivity contribution < 1.29 is 4.74 Å². The lowest BCUT2D eigenvalue weighted by atomic mass is 10.0. The lowest BCUT2D eigenvalue weighted by Gasteiger charge is -2.13. The Labute approximate surface area is 108 Å². The topological polar surface area (TPSA) is 35.0 Å². The first-order valence-electron chi connectivity index (χ1n) is 5.99. The van der Waals surface area contributed by atoms with E-state index >= 15 is 0 Å². The molecule has 0 bridgehead atoms. The lowest BCUT2D eigenvalue weighted by molar-refractivity contribution is 0.415. The number of hydrogen-bond donors (Lipinski definition) is 0. The summed E-state index contributed by atoms with van der Waals surface area (Å²) in [6.45, 7) is 8.04. The minimum atomic E-state index is 0.784. The molecule has 94 valence electrons. The van der Waals surface area contributed by atoms with Crippen LogP contribution in [-0.2, 0) is 0 Å². The Morgan fingerprint density at radius 3 is 2.28 bits per heavy atom. The second-order valence-corrected chi connectivity index (χ2v) is 4.60. The zero-order chi connectivity index (χ0) is 13.3. The van der Waals surface area contributed by atoms with Gasteiger partial charge in [0, 0.05) is 11.3 Å². The molecule has 3 heteroatoms. The first kappa shape index (κ1) is 12.6. The van der Waals surface area contributed by atoms with E-state index in [0.717, 1.165) is 28.5 Å². The van der Waals surface area contributed by atoms with Crippen LogP contribution in [0.3, 0.4) is 0 Å². The summed E-state index contributed by atoms with van der Waals surface area (Å²) in [5, 5.41) is 0. The summed E-state index contributed by atoms with van der Waals surface area (Å²) in [6.07, 6.45) is 0. The SMILES string of the molecule is COc1cc(C)cc(C)c1-c1cc(C)nc(C)n1. The van der Waals surface area contributed by atoms with Gasteiger partial charge in [-0.2, -0.15) is 0 Å². The Morgan fingerprint density at radius 1 is 0.944 bits per heavy atom. The molecule has 1 aromatic carbocycles. The highest BCUT2D eigenvalue weighted by Gasteiger charge is 2.12. The molecular weight excluding hydrogens is 224 g/mol. The van der Waals surface area contributed by atoms with E-state index < -0.39 is 0 Å². The van der Waals surface area contributed by atoms with Gasteiger partial charge in [-0.3, -0.25) is 0 Å². The van der Waals surface area contributed by atoms with Crippen LogP contribution in [-0.4, -0.2) is 17.1 Å². The number of aryl methyl sites for hydroxylation is 4. The van der Waals surface area contributed by atoms with Gasteiger partial charge in [-0.15, -0.1) is 0 Å². The standard InChI is InChI=1S/C15H18N2O/c1-9-6-10(2)15(14(7-9)18-5)13-8-11(3)16-12(4)17-13/h6-8H,1-5H3. The normalized spacial score (nSPS) is 10.5. The molecule has 1 heterocycles. The summed E-state index contributed by atoms with van der Waals surface area (Å²) in [5.74, 6) is 1.65. The number of ether oxygens (including phenoxy) is 1. The maximum atomic E-state index is 5.48. The third kappa shape index (κ3) is 2.35. The largest absolute Gasteiger partial charge is 0.496 e. The third-order valence-electron chi connectivity index (χ3n) is 2.89. The van der Waals surface area contributed by atoms with E-state index in [1.165, 1.54) is 11.1 Å². The Kier molecular flexibility index (Phi) is 3.32. The molecular formula is C15H18N2O. The maximum absolute atomic E-state index is 5.48. The maximum Gasteiger partial charge on any atom is 0.128 e. The zero-order valence-corrected chi connectivity index (χ0v) is 11.5. The minimum Gasteiger partial charge on any atom is -0.496 e. The molecule has 0 saturated heterocycles. The Hall–Kier alpha value is -1.90. The number of hydrogen-bond acceptors (Lipinski definition) is 3. The van der Waals surface area contributed by atoms with E-state index in [-0.39, 0.29) is 0 Å². The van der Waals surface area contributed by atoms with Crippen LogP contribution in [0.15, 0.2) is 18.2 Å². The number of rotatable bonds is 2. The fourth-order valence-corrected chi connectivity index (χ4v) is 2.26. The molecule has 0 N–H and O–H groups in total. The van der Waals surface area contributed by atoms with E-state index in [0.29, 0.717) is 0 Å². The van der Waals surface area contributed by atoms with Crippen LogP contribution in [0.2, 0.25) is 0 Å². The van der Waals surface area contributed by atoms with Gasteiger partial charge in [-0.1, -0.05) is 6.07 Å². The molecule has 0 spiro atoms. The molecule has 2 rings (SSSR count). The fraction of sp³-hybridized carbons (Fsp3) is 0.333. The van der Waals surface area contributed by atoms with Gasteiger partial charge in [0.1, 0.15) is 11.6 Å². The van der Waals surface area contributed by atoms with Crippen molar-refractivity contribution in [2.45, 2.75) is 27.7 Å². The summed E-state index contributed by atoms with van der Waals surface area (Å²) in [6, 6.07) is 6.17. The monoisotopic (exact) mass is 242 g/mol. The van der Waals surface area contributed by atoms with Crippen molar-refractivity contribution >= 4 is 0 Å². The van der Waals surface area contributed by atoms with Gasteiger partial charge < -0.3 is 4.74 Å². The summed E-state index contributed by atoms with van der Waals surface area (Å²) >= 11 is 0. The van der Waals surface area contributed by atoms with Gasteiger partial charge in [-0.05, 0) is 51.0 Å². The molecule has 0 amide bonds. The molecule has 0 aliphatic heterocycles. The summed E-state index contributed by atoms with van der Waals surface area (Å²) in [5.41, 5.74) is 5.31. The minimum absolute atomic E-state index is 0.784. The summed E-state index contributed by atoms with van der Waals surface area (Å²) in [7, 11) is 1.69. The lowest BCUT2D eigenvalue weighted by Crippen LogP contribution is -1.98. The van der Waals surface area contributed by atoms with Crippen molar-refractivity contribution in [3.63, 3.8) is 0 Å². The van der Waals surface area contributed by atoms with Crippen LogP contribution in [0.5, 0.6) is 5.75 Å². The molecule has 18 heavy (non-hydrogen) atoms. The summed E-state index contributed by atoms with van der Waals surface area (Å²) < 4.78 is 5.48. The van der Waals surface area contributed by atoms with Gasteiger partial charge in [0.2, 0.25) is 0 Å². The predicted octanol–water partition coefficient (Wildman–Crippen LogP) is 3.39. The molecule has 0 radical (unpaired) electrons. The van der Waals surface area contributed by atoms with E-state index in [4.69, 9.17) is 4.74 Å². The number of aromatic nitrogens is 2. The van der Waals surface area contributed by atoms with Crippen molar-refractivity contribution in [3.8, 4) is 17.0 Å². The van der Waals surface area contributed by atoms with Gasteiger partial charge >= 0.3 is 0 Å². The number of benzene rings is 1. The molecule has 0 atom stereocenters. The number of nitrogens with zero attached hydrogens (tertiary/aromatic N) is 2. The van der Waals surface area contributed by atoms with Gasteiger partial charge in [0.05, 0.1) is 12.8 Å². The summed E-state index contributed by atoms with van der Waals surface area (Å²) in [4.78, 5) is 8.82. The highest BCUT2D eigenvalue weighted by atomic mass is 16.5. The van der Waals surface area contributed by atoms with Crippen LogP contribution < -0.4 is 4.74 Å². The van der Waals surface area contributed by atoms with E-state index in [1.54, 1.807) is 7.11 Å². The number of methoxy groups -OCH3 is 1. The average molecular weight is 242 g/mol. The highest BCUT2D eigenvalue weighted by Crippen LogP contribution is 2.33. The molecule has 0 unspecified atom stereocenters. The van der Waals surface area contributed by atoms with E-state index in [1.807, 2.05) is 26.0 Å². The van der Waals surface area contributed by atoms with Crippen LogP contribution in [0, 0.1) is 27.7 Å². The van der Waals surface area contributed by atoms with Crippen LogP contribution >= 0.6 is 0 Å². The second kappa shape index (κ2) is 4.77. The van der Waals surface area contributed by atoms with Crippen LogP contribution in [0.4, 0.5) is 0 Å². The van der Waals surface area contributed by atoms with Crippen molar-refractivity contribution in [1.82, 2.24) is 9.97 Å². The third-order valence-corrected chi connectivity index (χ3v) is 2.89. The molecule has 3 nitrogen and oxygen atoms in total. The molecule has 2 aromatic rings. The average Bonchev–Trinajstić information content (AvgIpc) is 2.26. The molecule has 0 aliphatic carbocycles. The van der Waals surface area contributed by atoms with Crippen molar-refractivity contribution in [1.29, 1.82) is 0 Å².